The molecule has 0 rings (SSSR count). The Bertz CT molecular complexity index is 66.9. The Kier molecular flexibility index (Phi) is 4.56. The van der Waals surface area contributed by atoms with Gasteiger partial charge in [-0.1, -0.05) is 0 Å². The highest BCUT2D eigenvalue weighted by Crippen LogP contribution is 1.76. The summed E-state index contributed by atoms with van der Waals surface area (Å²) >= 11 is 0. The molecular weight excluding hydrogens is 100 g/mol. The van der Waals surface area contributed by atoms with Crippen molar-refractivity contribution in [1.29, 1.82) is 0 Å². The van der Waals surface area contributed by atoms with E-state index in [-0.39, 0.29) is 0 Å². The van der Waals surface area contributed by atoms with E-state index in [2.05, 4.69) is 24.0 Å². The normalized spacial score (nSPS) is 11.5. The third-order valence-electron chi connectivity index (χ3n) is 0.888. The molecule has 0 aromatic carbocycles. The van der Waals surface area contributed by atoms with Gasteiger partial charge >= 0.3 is 0 Å². The Morgan fingerprint density at radius 2 is 2.12 bits per heavy atom. The molecule has 0 spiro atoms. The van der Waals surface area contributed by atoms with Crippen LogP contribution < -0.4 is 0 Å². The van der Waals surface area contributed by atoms with Crippen molar-refractivity contribution in [2.75, 3.05) is 27.7 Å². The van der Waals surface area contributed by atoms with Crippen LogP contribution in [-0.4, -0.2) is 38.8 Å². The minimum Gasteiger partial charge on any atom is -0.309 e. The highest BCUT2D eigenvalue weighted by atomic mass is 15.0. The van der Waals surface area contributed by atoms with E-state index in [0.717, 1.165) is 13.0 Å². The first-order chi connectivity index (χ1) is 3.77. The van der Waals surface area contributed by atoms with Gasteiger partial charge in [0.25, 0.3) is 0 Å². The van der Waals surface area contributed by atoms with Crippen LogP contribution in [0.2, 0.25) is 0 Å². The van der Waals surface area contributed by atoms with Gasteiger partial charge in [-0.2, -0.15) is 0 Å². The first kappa shape index (κ1) is 7.63. The van der Waals surface area contributed by atoms with Crippen LogP contribution in [0.4, 0.5) is 0 Å². The Balaban J connectivity index is 2.93. The third-order valence-corrected chi connectivity index (χ3v) is 0.888. The van der Waals surface area contributed by atoms with Crippen molar-refractivity contribution in [3.8, 4) is 0 Å². The molecule has 0 saturated heterocycles. The Hall–Kier alpha value is -0.370. The second-order valence-electron chi connectivity index (χ2n) is 2.03. The minimum atomic E-state index is 1.06. The summed E-state index contributed by atoms with van der Waals surface area (Å²) in [4.78, 5) is 6.00. The van der Waals surface area contributed by atoms with Crippen LogP contribution in [0.1, 0.15) is 6.42 Å². The van der Waals surface area contributed by atoms with E-state index in [1.165, 1.54) is 0 Å². The molecule has 2 nitrogen and oxygen atoms in total. The molecule has 0 unspecified atom stereocenters. The quantitative estimate of drug-likeness (QED) is 0.491. The van der Waals surface area contributed by atoms with Gasteiger partial charge in [-0.3, -0.25) is 0 Å². The topological polar surface area (TPSA) is 15.6 Å². The summed E-state index contributed by atoms with van der Waals surface area (Å²) in [5.74, 6) is 0. The molecule has 0 aromatic rings. The van der Waals surface area contributed by atoms with Crippen molar-refractivity contribution in [2.45, 2.75) is 6.42 Å². The fourth-order valence-corrected chi connectivity index (χ4v) is 0.445. The fraction of sp³-hybridized carbons (Fsp3) is 0.833. The van der Waals surface area contributed by atoms with Gasteiger partial charge in [-0.25, -0.2) is 0 Å². The summed E-state index contributed by atoms with van der Waals surface area (Å²) < 4.78 is 0. The zero-order chi connectivity index (χ0) is 6.41. The molecule has 0 N–H and O–H groups in total. The van der Waals surface area contributed by atoms with Crippen molar-refractivity contribution in [1.82, 2.24) is 4.90 Å². The number of hydrogen-bond acceptors (Lipinski definition) is 2. The molecule has 8 heavy (non-hydrogen) atoms. The minimum absolute atomic E-state index is 1.06. The molecule has 0 amide bonds. The Labute approximate surface area is 51.2 Å². The third kappa shape index (κ3) is 5.63. The van der Waals surface area contributed by atoms with E-state index in [1.54, 1.807) is 7.05 Å². The molecule has 0 aliphatic rings. The summed E-state index contributed by atoms with van der Waals surface area (Å²) in [6.45, 7) is 1.09. The summed E-state index contributed by atoms with van der Waals surface area (Å²) in [5.41, 5.74) is 0. The standard InChI is InChI=1S/C6H14N2/c1-7-5-4-6-8(2)3/h5H,4,6H2,1-3H3. The first-order valence-electron chi connectivity index (χ1n) is 2.82. The van der Waals surface area contributed by atoms with Gasteiger partial charge in [0.05, 0.1) is 0 Å². The zero-order valence-electron chi connectivity index (χ0n) is 5.89. The highest BCUT2D eigenvalue weighted by molar-refractivity contribution is 5.56. The van der Waals surface area contributed by atoms with Crippen molar-refractivity contribution in [2.24, 2.45) is 4.99 Å². The molecule has 0 saturated carbocycles. The van der Waals surface area contributed by atoms with Gasteiger partial charge in [0.15, 0.2) is 0 Å². The number of rotatable bonds is 3. The van der Waals surface area contributed by atoms with Gasteiger partial charge in [-0.05, 0) is 26.7 Å². The van der Waals surface area contributed by atoms with Crippen LogP contribution in [0.25, 0.3) is 0 Å². The van der Waals surface area contributed by atoms with Crippen molar-refractivity contribution >= 4 is 6.21 Å². The SMILES string of the molecule is CN=CCCN(C)C. The summed E-state index contributed by atoms with van der Waals surface area (Å²) in [5, 5.41) is 0. The summed E-state index contributed by atoms with van der Waals surface area (Å²) in [6.07, 6.45) is 2.99. The van der Waals surface area contributed by atoms with Gasteiger partial charge in [0.2, 0.25) is 0 Å². The zero-order valence-corrected chi connectivity index (χ0v) is 5.89. The maximum atomic E-state index is 3.86. The maximum absolute atomic E-state index is 3.86. The molecular formula is C6H14N2. The molecule has 0 bridgehead atoms. The molecule has 0 radical (unpaired) electrons. The molecule has 0 fully saturated rings. The predicted octanol–water partition coefficient (Wildman–Crippen LogP) is 0.639. The molecule has 48 valence electrons. The second kappa shape index (κ2) is 4.78. The smallest absolute Gasteiger partial charge is 0.0273 e. The van der Waals surface area contributed by atoms with Crippen molar-refractivity contribution < 1.29 is 0 Å². The molecule has 0 atom stereocenters. The van der Waals surface area contributed by atoms with E-state index in [4.69, 9.17) is 0 Å². The summed E-state index contributed by atoms with van der Waals surface area (Å²) in [7, 11) is 5.92. The van der Waals surface area contributed by atoms with Gasteiger partial charge in [0.1, 0.15) is 0 Å². The van der Waals surface area contributed by atoms with Crippen molar-refractivity contribution in [3.63, 3.8) is 0 Å². The lowest BCUT2D eigenvalue weighted by Gasteiger charge is -2.04. The lowest BCUT2D eigenvalue weighted by molar-refractivity contribution is 0.423. The van der Waals surface area contributed by atoms with Crippen LogP contribution >= 0.6 is 0 Å². The first-order valence-corrected chi connectivity index (χ1v) is 2.82. The predicted molar refractivity (Wildman–Crippen MR) is 37.6 cm³/mol. The van der Waals surface area contributed by atoms with Crippen LogP contribution in [0.15, 0.2) is 4.99 Å². The monoisotopic (exact) mass is 114 g/mol. The number of nitrogens with zero attached hydrogens (tertiary/aromatic N) is 2. The molecule has 0 aliphatic heterocycles. The van der Waals surface area contributed by atoms with Crippen molar-refractivity contribution in [3.05, 3.63) is 0 Å². The maximum Gasteiger partial charge on any atom is 0.0273 e. The lowest BCUT2D eigenvalue weighted by Crippen LogP contribution is -2.12. The molecule has 0 heterocycles. The van der Waals surface area contributed by atoms with E-state index in [0.29, 0.717) is 0 Å². The number of aliphatic imine (C=N–C) groups is 1. The molecule has 0 aliphatic carbocycles. The van der Waals surface area contributed by atoms with E-state index >= 15 is 0 Å². The van der Waals surface area contributed by atoms with E-state index < -0.39 is 0 Å². The van der Waals surface area contributed by atoms with E-state index in [1.807, 2.05) is 6.21 Å². The van der Waals surface area contributed by atoms with Crippen LogP contribution in [0.5, 0.6) is 0 Å². The lowest BCUT2D eigenvalue weighted by atomic mass is 10.4. The van der Waals surface area contributed by atoms with E-state index in [9.17, 15) is 0 Å². The largest absolute Gasteiger partial charge is 0.309 e. The van der Waals surface area contributed by atoms with Crippen LogP contribution in [0, 0.1) is 0 Å². The second-order valence-corrected chi connectivity index (χ2v) is 2.03. The highest BCUT2D eigenvalue weighted by Gasteiger charge is 1.83. The Morgan fingerprint density at radius 3 is 2.50 bits per heavy atom. The van der Waals surface area contributed by atoms with Gasteiger partial charge < -0.3 is 9.89 Å². The average Bonchev–Trinajstić information content (AvgIpc) is 1.66. The van der Waals surface area contributed by atoms with Gasteiger partial charge in [0, 0.05) is 13.6 Å². The van der Waals surface area contributed by atoms with Gasteiger partial charge in [-0.15, -0.1) is 0 Å². The average molecular weight is 114 g/mol. The van der Waals surface area contributed by atoms with Crippen LogP contribution in [-0.2, 0) is 0 Å². The van der Waals surface area contributed by atoms with Crippen LogP contribution in [0.3, 0.4) is 0 Å². The molecule has 2 heteroatoms. The molecule has 0 aromatic heterocycles. The fourth-order valence-electron chi connectivity index (χ4n) is 0.445. The summed E-state index contributed by atoms with van der Waals surface area (Å²) in [6, 6.07) is 0. The Morgan fingerprint density at radius 1 is 1.50 bits per heavy atom. The number of hydrogen-bond donors (Lipinski definition) is 0.